The number of carboxylic acids is 3. The van der Waals surface area contributed by atoms with Gasteiger partial charge in [-0.05, 0) is 25.8 Å². The fourth-order valence-corrected chi connectivity index (χ4v) is 3.58. The maximum atomic E-state index is 12.5. The van der Waals surface area contributed by atoms with E-state index in [9.17, 15) is 38.4 Å². The minimum absolute atomic E-state index is 0.230. The molecule has 5 amide bonds. The Morgan fingerprint density at radius 2 is 1.46 bits per heavy atom. The minimum atomic E-state index is -1.65. The van der Waals surface area contributed by atoms with E-state index in [1.807, 2.05) is 5.32 Å². The van der Waals surface area contributed by atoms with Crippen LogP contribution in [0.25, 0.3) is 0 Å². The van der Waals surface area contributed by atoms with Gasteiger partial charge < -0.3 is 47.2 Å². The Morgan fingerprint density at radius 3 is 2.00 bits per heavy atom. The second-order valence-electron chi connectivity index (χ2n) is 8.44. The molecule has 1 fully saturated rings. The summed E-state index contributed by atoms with van der Waals surface area (Å²) < 4.78 is 0. The molecule has 0 aromatic heterocycles. The van der Waals surface area contributed by atoms with Gasteiger partial charge >= 0.3 is 17.9 Å². The zero-order valence-corrected chi connectivity index (χ0v) is 21.6. The first-order valence-corrected chi connectivity index (χ1v) is 12.4. The average Bonchev–Trinajstić information content (AvgIpc) is 3.41. The lowest BCUT2D eigenvalue weighted by atomic mass is 10.1. The number of carboxylic acid groups (broad SMARTS) is 3. The zero-order valence-electron chi connectivity index (χ0n) is 20.7. The molecule has 17 nitrogen and oxygen atoms in total. The van der Waals surface area contributed by atoms with Crippen LogP contribution in [0.2, 0.25) is 0 Å². The molecule has 0 aromatic rings. The number of carbonyl (C=O) groups excluding carboxylic acids is 5. The van der Waals surface area contributed by atoms with Crippen LogP contribution in [-0.2, 0) is 38.4 Å². The Balaban J connectivity index is 2.60. The fourth-order valence-electron chi connectivity index (χ4n) is 3.34. The molecule has 0 unspecified atom stereocenters. The molecule has 1 rings (SSSR count). The average molecular weight is 577 g/mol. The van der Waals surface area contributed by atoms with Crippen molar-refractivity contribution in [3.8, 4) is 0 Å². The first kappa shape index (κ1) is 33.1. The summed E-state index contributed by atoms with van der Waals surface area (Å²) in [7, 11) is 0. The van der Waals surface area contributed by atoms with Gasteiger partial charge in [0.25, 0.3) is 0 Å². The molecule has 4 atom stereocenters. The van der Waals surface area contributed by atoms with E-state index in [1.54, 1.807) is 0 Å². The van der Waals surface area contributed by atoms with Gasteiger partial charge in [0.15, 0.2) is 0 Å². The highest BCUT2D eigenvalue weighted by Crippen LogP contribution is 2.06. The second kappa shape index (κ2) is 16.8. The van der Waals surface area contributed by atoms with Gasteiger partial charge in [-0.15, -0.1) is 0 Å². The molecule has 9 N–H and O–H groups in total. The quantitative estimate of drug-likeness (QED) is 0.0738. The Kier molecular flexibility index (Phi) is 14.3. The molecule has 0 aliphatic carbocycles. The molecule has 39 heavy (non-hydrogen) atoms. The normalized spacial score (nSPS) is 16.6. The first-order valence-electron chi connectivity index (χ1n) is 11.8. The number of hydrogen-bond acceptors (Lipinski definition) is 10. The van der Waals surface area contributed by atoms with Gasteiger partial charge in [0.05, 0.1) is 25.6 Å². The van der Waals surface area contributed by atoms with E-state index in [1.165, 1.54) is 0 Å². The lowest BCUT2D eigenvalue weighted by Gasteiger charge is -2.20. The smallest absolute Gasteiger partial charge is 0.327 e. The van der Waals surface area contributed by atoms with E-state index >= 15 is 0 Å². The molecule has 1 aliphatic rings. The third-order valence-electron chi connectivity index (χ3n) is 5.35. The molecule has 1 saturated heterocycles. The van der Waals surface area contributed by atoms with Gasteiger partial charge in [-0.1, -0.05) is 0 Å². The Morgan fingerprint density at radius 1 is 0.795 bits per heavy atom. The van der Waals surface area contributed by atoms with Gasteiger partial charge in [-0.3, -0.25) is 33.6 Å². The van der Waals surface area contributed by atoms with E-state index in [-0.39, 0.29) is 12.2 Å². The summed E-state index contributed by atoms with van der Waals surface area (Å²) in [5.41, 5.74) is 0. The van der Waals surface area contributed by atoms with Crippen LogP contribution < -0.4 is 31.9 Å². The van der Waals surface area contributed by atoms with Crippen molar-refractivity contribution in [3.05, 3.63) is 0 Å². The molecule has 0 spiro atoms. The van der Waals surface area contributed by atoms with Crippen molar-refractivity contribution in [3.63, 3.8) is 0 Å². The lowest BCUT2D eigenvalue weighted by Crippen LogP contribution is -2.55. The zero-order chi connectivity index (χ0) is 29.5. The standard InChI is InChI=1S/C21H32N6O11S/c28-14(7-24-18(34)11(3-4-16(30)31)26-19(35)10-2-1-5-22-10)23-8-15(29)25-12(6-17(32)33)20(36)27-13(9-39)21(37)38/h10-13,22,39H,1-9H2,(H,23,28)(H,24,34)(H,25,29)(H,26,35)(H,27,36)(H,30,31)(H,32,33)(H,37,38)/t10-,11-,12-,13-/m0/s1. The molecule has 1 heterocycles. The van der Waals surface area contributed by atoms with E-state index in [4.69, 9.17) is 15.3 Å². The van der Waals surface area contributed by atoms with Gasteiger partial charge in [-0.25, -0.2) is 4.79 Å². The summed E-state index contributed by atoms with van der Waals surface area (Å²) in [6.07, 6.45) is -0.214. The summed E-state index contributed by atoms with van der Waals surface area (Å²) >= 11 is 3.77. The molecule has 0 radical (unpaired) electrons. The summed E-state index contributed by atoms with van der Waals surface area (Å²) in [6, 6.07) is -4.83. The van der Waals surface area contributed by atoms with Crippen molar-refractivity contribution < 1.29 is 53.7 Å². The fraction of sp³-hybridized carbons (Fsp3) is 0.619. The number of hydrogen-bond donors (Lipinski definition) is 10. The maximum absolute atomic E-state index is 12.5. The van der Waals surface area contributed by atoms with Crippen LogP contribution in [0.15, 0.2) is 0 Å². The monoisotopic (exact) mass is 576 g/mol. The number of thiol groups is 1. The third kappa shape index (κ3) is 12.9. The van der Waals surface area contributed by atoms with Crippen LogP contribution in [0, 0.1) is 0 Å². The number of aliphatic carboxylic acids is 3. The SMILES string of the molecule is O=C(O)CC[C@H](NC(=O)[C@@H]1CCCN1)C(=O)NCC(=O)NCC(=O)N[C@@H](CC(=O)O)C(=O)N[C@@H](CS)C(=O)O. The van der Waals surface area contributed by atoms with Crippen molar-refractivity contribution in [1.29, 1.82) is 0 Å². The Bertz CT molecular complexity index is 957. The largest absolute Gasteiger partial charge is 0.481 e. The predicted molar refractivity (Wildman–Crippen MR) is 133 cm³/mol. The van der Waals surface area contributed by atoms with E-state index in [0.29, 0.717) is 13.0 Å². The van der Waals surface area contributed by atoms with Crippen molar-refractivity contribution in [1.82, 2.24) is 31.9 Å². The van der Waals surface area contributed by atoms with Crippen molar-refractivity contribution in [2.75, 3.05) is 25.4 Å². The number of nitrogens with one attached hydrogen (secondary N) is 6. The molecular weight excluding hydrogens is 544 g/mol. The Labute approximate surface area is 227 Å². The van der Waals surface area contributed by atoms with Gasteiger partial charge in [0.2, 0.25) is 29.5 Å². The van der Waals surface area contributed by atoms with Gasteiger partial charge in [0, 0.05) is 12.2 Å². The van der Waals surface area contributed by atoms with Crippen molar-refractivity contribution in [2.24, 2.45) is 0 Å². The number of amides is 5. The number of carbonyl (C=O) groups is 8. The highest BCUT2D eigenvalue weighted by molar-refractivity contribution is 7.80. The highest BCUT2D eigenvalue weighted by Gasteiger charge is 2.29. The van der Waals surface area contributed by atoms with Crippen LogP contribution in [0.1, 0.15) is 32.1 Å². The summed E-state index contributed by atoms with van der Waals surface area (Å²) in [6.45, 7) is -0.744. The van der Waals surface area contributed by atoms with Crippen LogP contribution in [0.5, 0.6) is 0 Å². The summed E-state index contributed by atoms with van der Waals surface area (Å²) in [5.74, 6) is -8.61. The molecule has 0 aromatic carbocycles. The predicted octanol–water partition coefficient (Wildman–Crippen LogP) is -4.22. The van der Waals surface area contributed by atoms with Gasteiger partial charge in [0.1, 0.15) is 18.1 Å². The lowest BCUT2D eigenvalue weighted by molar-refractivity contribution is -0.143. The van der Waals surface area contributed by atoms with Crippen LogP contribution in [0.4, 0.5) is 0 Å². The topological polar surface area (TPSA) is 269 Å². The molecule has 0 bridgehead atoms. The third-order valence-corrected chi connectivity index (χ3v) is 5.72. The highest BCUT2D eigenvalue weighted by atomic mass is 32.1. The van der Waals surface area contributed by atoms with Crippen molar-refractivity contribution in [2.45, 2.75) is 56.3 Å². The Hall–Kier alpha value is -3.93. The van der Waals surface area contributed by atoms with Gasteiger partial charge in [-0.2, -0.15) is 12.6 Å². The van der Waals surface area contributed by atoms with E-state index < -0.39 is 97.5 Å². The first-order chi connectivity index (χ1) is 18.3. The number of rotatable bonds is 17. The molecule has 1 aliphatic heterocycles. The summed E-state index contributed by atoms with van der Waals surface area (Å²) in [4.78, 5) is 94.3. The second-order valence-corrected chi connectivity index (χ2v) is 8.80. The molecule has 218 valence electrons. The minimum Gasteiger partial charge on any atom is -0.481 e. The summed E-state index contributed by atoms with van der Waals surface area (Å²) in [5, 5.41) is 40.8. The molecule has 18 heteroatoms. The van der Waals surface area contributed by atoms with Crippen LogP contribution in [0.3, 0.4) is 0 Å². The van der Waals surface area contributed by atoms with E-state index in [0.717, 1.165) is 6.42 Å². The maximum Gasteiger partial charge on any atom is 0.327 e. The molecular formula is C21H32N6O11S. The van der Waals surface area contributed by atoms with Crippen molar-refractivity contribution >= 4 is 60.1 Å². The van der Waals surface area contributed by atoms with Crippen LogP contribution >= 0.6 is 12.6 Å². The molecule has 0 saturated carbocycles. The van der Waals surface area contributed by atoms with Crippen LogP contribution in [-0.4, -0.2) is 112 Å². The van der Waals surface area contributed by atoms with E-state index in [2.05, 4.69) is 39.2 Å².